The standard InChI is InChI=1S/C31H32N4O5S/c1-23(31(36)37)33-41(38,39)35-18-16-34(17-19-35)27-12-9-24(10-13-27)7-8-25-11-14-30-28(21-25)29(15-20-40-30)32-22-26-5-3-2-4-6-26/h2-6,9-14,21,23,33H,15-20,22H2,1H3,(H,36,37)/b32-29-/t23-/m1/s1. The first-order valence-corrected chi connectivity index (χ1v) is 14.9. The van der Waals surface area contributed by atoms with Gasteiger partial charge in [-0.2, -0.15) is 17.4 Å². The molecule has 2 aliphatic rings. The molecule has 41 heavy (non-hydrogen) atoms. The van der Waals surface area contributed by atoms with Crippen LogP contribution in [-0.2, 0) is 21.5 Å². The lowest BCUT2D eigenvalue weighted by molar-refractivity contribution is -0.138. The second-order valence-electron chi connectivity index (χ2n) is 9.92. The number of nitrogens with zero attached hydrogens (tertiary/aromatic N) is 3. The molecule has 1 saturated heterocycles. The molecule has 3 aromatic rings. The van der Waals surface area contributed by atoms with E-state index in [1.165, 1.54) is 16.8 Å². The first kappa shape index (κ1) is 28.4. The van der Waals surface area contributed by atoms with Gasteiger partial charge in [0, 0.05) is 60.7 Å². The average Bonchev–Trinajstić information content (AvgIpc) is 2.99. The van der Waals surface area contributed by atoms with Gasteiger partial charge in [-0.15, -0.1) is 0 Å². The maximum Gasteiger partial charge on any atom is 0.321 e. The van der Waals surface area contributed by atoms with Crippen molar-refractivity contribution < 1.29 is 23.1 Å². The normalized spacial score (nSPS) is 17.2. The van der Waals surface area contributed by atoms with Crippen LogP contribution in [0.2, 0.25) is 0 Å². The number of benzene rings is 3. The Hall–Kier alpha value is -4.17. The average molecular weight is 573 g/mol. The number of aliphatic imine (C=N–C) groups is 1. The third kappa shape index (κ3) is 7.13. The highest BCUT2D eigenvalue weighted by Crippen LogP contribution is 2.27. The predicted molar refractivity (Wildman–Crippen MR) is 159 cm³/mol. The summed E-state index contributed by atoms with van der Waals surface area (Å²) in [5, 5.41) is 9.00. The van der Waals surface area contributed by atoms with Crippen molar-refractivity contribution in [2.75, 3.05) is 37.7 Å². The summed E-state index contributed by atoms with van der Waals surface area (Å²) in [5.41, 5.74) is 5.92. The van der Waals surface area contributed by atoms with Gasteiger partial charge in [0.2, 0.25) is 0 Å². The zero-order chi connectivity index (χ0) is 28.8. The number of fused-ring (bicyclic) bond motifs is 1. The molecule has 0 saturated carbocycles. The van der Waals surface area contributed by atoms with Gasteiger partial charge in [-0.25, -0.2) is 0 Å². The topological polar surface area (TPSA) is 112 Å². The summed E-state index contributed by atoms with van der Waals surface area (Å²) < 4.78 is 34.3. The van der Waals surface area contributed by atoms with Crippen LogP contribution in [0.4, 0.5) is 5.69 Å². The number of rotatable bonds is 7. The van der Waals surface area contributed by atoms with Crippen molar-refractivity contribution in [2.45, 2.75) is 25.9 Å². The lowest BCUT2D eigenvalue weighted by atomic mass is 10.0. The SMILES string of the molecule is C[C@@H](NS(=O)(=O)N1CCN(c2ccc(C#Cc3ccc4c(c3)/C(=N\Cc3ccccc3)CCO4)cc2)CC1)C(=O)O. The second-order valence-corrected chi connectivity index (χ2v) is 11.6. The molecule has 2 heterocycles. The molecular formula is C31H32N4O5S. The molecule has 1 fully saturated rings. The van der Waals surface area contributed by atoms with Crippen molar-refractivity contribution in [3.05, 3.63) is 95.1 Å². The quantitative estimate of drug-likeness (QED) is 0.421. The van der Waals surface area contributed by atoms with Crippen molar-refractivity contribution in [3.8, 4) is 17.6 Å². The van der Waals surface area contributed by atoms with E-state index in [4.69, 9.17) is 14.8 Å². The van der Waals surface area contributed by atoms with E-state index in [0.717, 1.165) is 40.3 Å². The summed E-state index contributed by atoms with van der Waals surface area (Å²) in [6, 6.07) is 22.8. The fourth-order valence-corrected chi connectivity index (χ4v) is 6.06. The Kier molecular flexibility index (Phi) is 8.69. The van der Waals surface area contributed by atoms with Crippen molar-refractivity contribution in [1.29, 1.82) is 0 Å². The fraction of sp³-hybridized carbons (Fsp3) is 0.290. The molecule has 0 spiro atoms. The minimum atomic E-state index is -3.86. The molecule has 0 amide bonds. The highest BCUT2D eigenvalue weighted by Gasteiger charge is 2.29. The Morgan fingerprint density at radius 1 is 1.00 bits per heavy atom. The van der Waals surface area contributed by atoms with E-state index in [0.29, 0.717) is 26.2 Å². The molecule has 9 nitrogen and oxygen atoms in total. The van der Waals surface area contributed by atoms with E-state index < -0.39 is 22.2 Å². The lowest BCUT2D eigenvalue weighted by Gasteiger charge is -2.35. The summed E-state index contributed by atoms with van der Waals surface area (Å²) in [7, 11) is -3.86. The highest BCUT2D eigenvalue weighted by atomic mass is 32.2. The first-order valence-electron chi connectivity index (χ1n) is 13.5. The third-order valence-corrected chi connectivity index (χ3v) is 8.74. The van der Waals surface area contributed by atoms with Crippen LogP contribution in [0, 0.1) is 11.8 Å². The van der Waals surface area contributed by atoms with Crippen LogP contribution in [0.25, 0.3) is 0 Å². The number of piperazine rings is 1. The molecule has 10 heteroatoms. The van der Waals surface area contributed by atoms with Gasteiger partial charge in [-0.1, -0.05) is 42.2 Å². The van der Waals surface area contributed by atoms with E-state index in [9.17, 15) is 13.2 Å². The van der Waals surface area contributed by atoms with Crippen LogP contribution < -0.4 is 14.4 Å². The smallest absolute Gasteiger partial charge is 0.321 e. The van der Waals surface area contributed by atoms with Gasteiger partial charge in [-0.05, 0) is 55.0 Å². The van der Waals surface area contributed by atoms with E-state index in [2.05, 4.69) is 33.6 Å². The minimum absolute atomic E-state index is 0.266. The fourth-order valence-electron chi connectivity index (χ4n) is 4.72. The zero-order valence-electron chi connectivity index (χ0n) is 22.8. The van der Waals surface area contributed by atoms with Crippen LogP contribution in [0.5, 0.6) is 5.75 Å². The number of carboxylic acids is 1. The molecule has 0 radical (unpaired) electrons. The summed E-state index contributed by atoms with van der Waals surface area (Å²) in [4.78, 5) is 18.0. The van der Waals surface area contributed by atoms with Crippen molar-refractivity contribution in [1.82, 2.24) is 9.03 Å². The van der Waals surface area contributed by atoms with E-state index >= 15 is 0 Å². The van der Waals surface area contributed by atoms with Crippen molar-refractivity contribution >= 4 is 27.6 Å². The monoisotopic (exact) mass is 572 g/mol. The Morgan fingerprint density at radius 2 is 1.68 bits per heavy atom. The molecule has 2 aliphatic heterocycles. The predicted octanol–water partition coefficient (Wildman–Crippen LogP) is 3.29. The number of carboxylic acid groups (broad SMARTS) is 1. The molecule has 2 N–H and O–H groups in total. The Bertz CT molecular complexity index is 1590. The highest BCUT2D eigenvalue weighted by molar-refractivity contribution is 7.87. The number of aliphatic carboxylic acids is 1. The van der Waals surface area contributed by atoms with Gasteiger partial charge in [0.1, 0.15) is 11.8 Å². The number of hydrogen-bond acceptors (Lipinski definition) is 6. The molecule has 1 atom stereocenters. The maximum absolute atomic E-state index is 12.5. The largest absolute Gasteiger partial charge is 0.492 e. The minimum Gasteiger partial charge on any atom is -0.492 e. The maximum atomic E-state index is 12.5. The Morgan fingerprint density at radius 3 is 2.39 bits per heavy atom. The molecule has 3 aromatic carbocycles. The lowest BCUT2D eigenvalue weighted by Crippen LogP contribution is -2.54. The molecule has 5 rings (SSSR count). The summed E-state index contributed by atoms with van der Waals surface area (Å²) in [6.45, 7) is 4.08. The summed E-state index contributed by atoms with van der Waals surface area (Å²) in [5.74, 6) is 6.10. The van der Waals surface area contributed by atoms with Gasteiger partial charge >= 0.3 is 5.97 Å². The molecule has 0 unspecified atom stereocenters. The molecule has 0 bridgehead atoms. The van der Waals surface area contributed by atoms with E-state index in [-0.39, 0.29) is 13.1 Å². The van der Waals surface area contributed by atoms with E-state index in [1.807, 2.05) is 60.7 Å². The van der Waals surface area contributed by atoms with Gasteiger partial charge < -0.3 is 14.7 Å². The number of carbonyl (C=O) groups is 1. The number of ether oxygens (including phenoxy) is 1. The van der Waals surface area contributed by atoms with Crippen LogP contribution >= 0.6 is 0 Å². The Labute approximate surface area is 240 Å². The van der Waals surface area contributed by atoms with Gasteiger partial charge in [0.05, 0.1) is 13.2 Å². The van der Waals surface area contributed by atoms with Crippen LogP contribution in [-0.4, -0.2) is 68.3 Å². The van der Waals surface area contributed by atoms with E-state index in [1.54, 1.807) is 0 Å². The summed E-state index contributed by atoms with van der Waals surface area (Å²) >= 11 is 0. The molecular weight excluding hydrogens is 540 g/mol. The van der Waals surface area contributed by atoms with Gasteiger partial charge in [0.25, 0.3) is 10.2 Å². The second kappa shape index (κ2) is 12.6. The summed E-state index contributed by atoms with van der Waals surface area (Å²) in [6.07, 6.45) is 0.760. The zero-order valence-corrected chi connectivity index (χ0v) is 23.6. The first-order chi connectivity index (χ1) is 19.8. The van der Waals surface area contributed by atoms with Gasteiger partial charge in [-0.3, -0.25) is 9.79 Å². The van der Waals surface area contributed by atoms with Crippen LogP contribution in [0.15, 0.2) is 77.8 Å². The Balaban J connectivity index is 1.22. The number of anilines is 1. The van der Waals surface area contributed by atoms with Crippen LogP contribution in [0.1, 0.15) is 35.6 Å². The molecule has 212 valence electrons. The number of hydrogen-bond donors (Lipinski definition) is 2. The number of nitrogens with one attached hydrogen (secondary N) is 1. The van der Waals surface area contributed by atoms with Gasteiger partial charge in [0.15, 0.2) is 0 Å². The third-order valence-electron chi connectivity index (χ3n) is 7.04. The molecule has 0 aliphatic carbocycles. The van der Waals surface area contributed by atoms with Crippen molar-refractivity contribution in [2.24, 2.45) is 4.99 Å². The van der Waals surface area contributed by atoms with Crippen LogP contribution in [0.3, 0.4) is 0 Å². The molecule has 0 aromatic heterocycles. The van der Waals surface area contributed by atoms with Crippen molar-refractivity contribution in [3.63, 3.8) is 0 Å².